The van der Waals surface area contributed by atoms with Crippen LogP contribution in [0.5, 0.6) is 0 Å². The fourth-order valence-electron chi connectivity index (χ4n) is 3.33. The molecule has 136 valence electrons. The van der Waals surface area contributed by atoms with Crippen molar-refractivity contribution in [3.8, 4) is 11.1 Å². The zero-order valence-corrected chi connectivity index (χ0v) is 15.4. The molecule has 1 fully saturated rings. The van der Waals surface area contributed by atoms with Gasteiger partial charge in [0.1, 0.15) is 10.6 Å². The van der Waals surface area contributed by atoms with Crippen LogP contribution in [-0.4, -0.2) is 20.8 Å². The van der Waals surface area contributed by atoms with Crippen molar-refractivity contribution >= 4 is 34.5 Å². The smallest absolute Gasteiger partial charge is 0.320 e. The fraction of sp³-hybridized carbons (Fsp3) is 0.182. The Bertz CT molecular complexity index is 1060. The zero-order valence-electron chi connectivity index (χ0n) is 14.6. The van der Waals surface area contributed by atoms with Crippen LogP contribution in [0.2, 0.25) is 0 Å². The van der Waals surface area contributed by atoms with E-state index in [2.05, 4.69) is 11.6 Å². The van der Waals surface area contributed by atoms with Gasteiger partial charge >= 0.3 is 5.97 Å². The van der Waals surface area contributed by atoms with Crippen molar-refractivity contribution in [2.24, 2.45) is 0 Å². The summed E-state index contributed by atoms with van der Waals surface area (Å²) in [6.45, 7) is 3.36. The molecule has 27 heavy (non-hydrogen) atoms. The van der Waals surface area contributed by atoms with Gasteiger partial charge in [-0.2, -0.15) is 0 Å². The summed E-state index contributed by atoms with van der Waals surface area (Å²) in [6, 6.07) is 14.9. The number of thioether (sulfide) groups is 1. The second kappa shape index (κ2) is 6.82. The van der Waals surface area contributed by atoms with Crippen LogP contribution in [-0.2, 0) is 4.79 Å². The second-order valence-corrected chi connectivity index (χ2v) is 8.21. The van der Waals surface area contributed by atoms with E-state index in [-0.39, 0.29) is 0 Å². The number of benzene rings is 2. The van der Waals surface area contributed by atoms with Gasteiger partial charge in [0, 0.05) is 22.0 Å². The topological polar surface area (TPSA) is 50.2 Å². The summed E-state index contributed by atoms with van der Waals surface area (Å²) < 4.78 is 12.8. The first-order valence-corrected chi connectivity index (χ1v) is 9.57. The van der Waals surface area contributed by atoms with Gasteiger partial charge in [-0.25, -0.2) is 4.39 Å². The molecule has 0 aliphatic heterocycles. The molecule has 1 aliphatic rings. The number of nitrogens with zero attached hydrogens (tertiary/aromatic N) is 1. The van der Waals surface area contributed by atoms with Gasteiger partial charge in [-0.3, -0.25) is 9.78 Å². The van der Waals surface area contributed by atoms with Gasteiger partial charge in [0.25, 0.3) is 0 Å². The summed E-state index contributed by atoms with van der Waals surface area (Å²) in [6.07, 6.45) is 4.01. The summed E-state index contributed by atoms with van der Waals surface area (Å²) in [5.74, 6) is -1.22. The zero-order chi connectivity index (χ0) is 19.0. The van der Waals surface area contributed by atoms with Gasteiger partial charge in [-0.05, 0) is 54.7 Å². The summed E-state index contributed by atoms with van der Waals surface area (Å²) in [7, 11) is 0. The SMILES string of the molecule is C=C(F)c1cccc(-c2ccc3nccc(SC4(C(=O)O)CCC4)c3c2)c1. The molecular formula is C22H18FNO2S. The molecule has 0 amide bonds. The first-order valence-electron chi connectivity index (χ1n) is 8.75. The Morgan fingerprint density at radius 3 is 2.59 bits per heavy atom. The molecule has 1 heterocycles. The Hall–Kier alpha value is -2.66. The van der Waals surface area contributed by atoms with E-state index in [4.69, 9.17) is 0 Å². The number of rotatable bonds is 5. The number of carboxylic acids is 1. The van der Waals surface area contributed by atoms with E-state index in [0.29, 0.717) is 18.4 Å². The quantitative estimate of drug-likeness (QED) is 0.596. The van der Waals surface area contributed by atoms with E-state index in [1.807, 2.05) is 30.3 Å². The van der Waals surface area contributed by atoms with Gasteiger partial charge in [-0.1, -0.05) is 30.8 Å². The van der Waals surface area contributed by atoms with Crippen LogP contribution < -0.4 is 0 Å². The number of hydrogen-bond acceptors (Lipinski definition) is 3. The minimum absolute atomic E-state index is 0.452. The maximum Gasteiger partial charge on any atom is 0.320 e. The Morgan fingerprint density at radius 2 is 1.93 bits per heavy atom. The molecular weight excluding hydrogens is 361 g/mol. The fourth-order valence-corrected chi connectivity index (χ4v) is 4.73. The third kappa shape index (κ3) is 3.23. The molecule has 1 aliphatic carbocycles. The molecule has 0 atom stereocenters. The van der Waals surface area contributed by atoms with E-state index in [1.165, 1.54) is 11.8 Å². The Kier molecular flexibility index (Phi) is 4.48. The van der Waals surface area contributed by atoms with Crippen LogP contribution in [0.15, 0.2) is 66.2 Å². The van der Waals surface area contributed by atoms with Gasteiger partial charge in [-0.15, -0.1) is 11.8 Å². The van der Waals surface area contributed by atoms with E-state index in [9.17, 15) is 14.3 Å². The van der Waals surface area contributed by atoms with Crippen molar-refractivity contribution in [3.05, 3.63) is 66.9 Å². The van der Waals surface area contributed by atoms with Gasteiger partial charge in [0.15, 0.2) is 0 Å². The molecule has 5 heteroatoms. The molecule has 1 aromatic heterocycles. The number of carbonyl (C=O) groups is 1. The van der Waals surface area contributed by atoms with Crippen molar-refractivity contribution in [2.75, 3.05) is 0 Å². The predicted molar refractivity (Wildman–Crippen MR) is 107 cm³/mol. The molecule has 0 bridgehead atoms. The van der Waals surface area contributed by atoms with Crippen molar-refractivity contribution in [1.29, 1.82) is 0 Å². The first-order chi connectivity index (χ1) is 13.0. The van der Waals surface area contributed by atoms with Gasteiger partial charge in [0.05, 0.1) is 5.52 Å². The Balaban J connectivity index is 1.79. The van der Waals surface area contributed by atoms with Crippen LogP contribution >= 0.6 is 11.8 Å². The van der Waals surface area contributed by atoms with E-state index in [1.54, 1.807) is 24.4 Å². The molecule has 4 rings (SSSR count). The molecule has 0 spiro atoms. The van der Waals surface area contributed by atoms with Crippen molar-refractivity contribution in [2.45, 2.75) is 28.9 Å². The normalized spacial score (nSPS) is 15.3. The monoisotopic (exact) mass is 379 g/mol. The number of halogens is 1. The minimum atomic E-state index is -0.756. The first kappa shape index (κ1) is 17.7. The lowest BCUT2D eigenvalue weighted by molar-refractivity contribution is -0.142. The standard InChI is InChI=1S/C22H18FNO2S/c1-14(23)15-4-2-5-16(12-15)17-6-7-19-18(13-17)20(8-11-24-19)27-22(21(25)26)9-3-10-22/h2,4-8,11-13H,1,3,9-10H2,(H,25,26). The summed E-state index contributed by atoms with van der Waals surface area (Å²) in [5.41, 5.74) is 3.07. The highest BCUT2D eigenvalue weighted by Crippen LogP contribution is 2.49. The minimum Gasteiger partial charge on any atom is -0.480 e. The van der Waals surface area contributed by atoms with Crippen molar-refractivity contribution < 1.29 is 14.3 Å². The molecule has 2 aromatic carbocycles. The third-order valence-electron chi connectivity index (χ3n) is 5.07. The van der Waals surface area contributed by atoms with Crippen LogP contribution in [0, 0.1) is 0 Å². The van der Waals surface area contributed by atoms with E-state index >= 15 is 0 Å². The number of pyridine rings is 1. The highest BCUT2D eigenvalue weighted by Gasteiger charge is 2.45. The molecule has 0 unspecified atom stereocenters. The van der Waals surface area contributed by atoms with Crippen LogP contribution in [0.3, 0.4) is 0 Å². The maximum absolute atomic E-state index is 13.5. The molecule has 0 saturated heterocycles. The maximum atomic E-state index is 13.5. The van der Waals surface area contributed by atoms with E-state index < -0.39 is 16.5 Å². The summed E-state index contributed by atoms with van der Waals surface area (Å²) in [4.78, 5) is 17.1. The average Bonchev–Trinajstić information content (AvgIpc) is 2.64. The predicted octanol–water partition coefficient (Wildman–Crippen LogP) is 5.94. The van der Waals surface area contributed by atoms with Crippen molar-refractivity contribution in [3.63, 3.8) is 0 Å². The highest BCUT2D eigenvalue weighted by atomic mass is 32.2. The molecule has 3 aromatic rings. The number of aromatic nitrogens is 1. The lowest BCUT2D eigenvalue weighted by Gasteiger charge is -2.37. The molecule has 1 N–H and O–H groups in total. The highest BCUT2D eigenvalue weighted by molar-refractivity contribution is 8.01. The number of carboxylic acid groups (broad SMARTS) is 1. The Morgan fingerprint density at radius 1 is 1.15 bits per heavy atom. The Labute approximate surface area is 160 Å². The summed E-state index contributed by atoms with van der Waals surface area (Å²) >= 11 is 1.41. The van der Waals surface area contributed by atoms with E-state index in [0.717, 1.165) is 33.3 Å². The van der Waals surface area contributed by atoms with Crippen LogP contribution in [0.4, 0.5) is 4.39 Å². The van der Waals surface area contributed by atoms with Crippen LogP contribution in [0.1, 0.15) is 24.8 Å². The average molecular weight is 379 g/mol. The largest absolute Gasteiger partial charge is 0.480 e. The molecule has 0 radical (unpaired) electrons. The lowest BCUT2D eigenvalue weighted by atomic mass is 9.84. The molecule has 3 nitrogen and oxygen atoms in total. The van der Waals surface area contributed by atoms with Crippen LogP contribution in [0.25, 0.3) is 27.9 Å². The number of aliphatic carboxylic acids is 1. The summed E-state index contributed by atoms with van der Waals surface area (Å²) in [5, 5.41) is 10.6. The van der Waals surface area contributed by atoms with Gasteiger partial charge < -0.3 is 5.11 Å². The molecule has 1 saturated carbocycles. The number of fused-ring (bicyclic) bond motifs is 1. The van der Waals surface area contributed by atoms with Gasteiger partial charge in [0.2, 0.25) is 0 Å². The third-order valence-corrected chi connectivity index (χ3v) is 6.62. The second-order valence-electron chi connectivity index (χ2n) is 6.78. The number of hydrogen-bond donors (Lipinski definition) is 1. The lowest BCUT2D eigenvalue weighted by Crippen LogP contribution is -2.41. The van der Waals surface area contributed by atoms with Crippen molar-refractivity contribution in [1.82, 2.24) is 4.98 Å².